The Hall–Kier alpha value is -3.77. The van der Waals surface area contributed by atoms with Crippen LogP contribution in [0.2, 0.25) is 0 Å². The van der Waals surface area contributed by atoms with Gasteiger partial charge in [0.15, 0.2) is 5.82 Å². The summed E-state index contributed by atoms with van der Waals surface area (Å²) in [5.41, 5.74) is 7.16. The van der Waals surface area contributed by atoms with Crippen LogP contribution in [-0.2, 0) is 6.54 Å². The first-order chi connectivity index (χ1) is 16.2. The Morgan fingerprint density at radius 3 is 2.33 bits per heavy atom. The molecule has 0 atom stereocenters. The van der Waals surface area contributed by atoms with E-state index in [1.807, 2.05) is 30.5 Å². The summed E-state index contributed by atoms with van der Waals surface area (Å²) in [7, 11) is 2.19. The van der Waals surface area contributed by atoms with Gasteiger partial charge in [0, 0.05) is 38.4 Å². The van der Waals surface area contributed by atoms with Crippen LogP contribution >= 0.6 is 0 Å². The minimum Gasteiger partial charge on any atom is -0.369 e. The lowest BCUT2D eigenvalue weighted by Crippen LogP contribution is -2.44. The minimum atomic E-state index is 0.730. The van der Waals surface area contributed by atoms with Gasteiger partial charge >= 0.3 is 0 Å². The third-order valence-electron chi connectivity index (χ3n) is 6.46. The minimum absolute atomic E-state index is 0.730. The molecule has 0 radical (unpaired) electrons. The average molecular weight is 435 g/mol. The van der Waals surface area contributed by atoms with Crippen LogP contribution in [0.5, 0.6) is 0 Å². The van der Waals surface area contributed by atoms with Crippen molar-refractivity contribution in [3.63, 3.8) is 0 Å². The molecular weight excluding hydrogens is 408 g/mol. The highest BCUT2D eigenvalue weighted by molar-refractivity contribution is 5.84. The zero-order chi connectivity index (χ0) is 22.2. The summed E-state index contributed by atoms with van der Waals surface area (Å²) in [6, 6.07) is 25.1. The Morgan fingerprint density at radius 1 is 0.758 bits per heavy atom. The van der Waals surface area contributed by atoms with E-state index in [0.717, 1.165) is 66.3 Å². The Morgan fingerprint density at radius 2 is 1.52 bits per heavy atom. The lowest BCUT2D eigenvalue weighted by atomic mass is 10.2. The van der Waals surface area contributed by atoms with Crippen LogP contribution in [0.3, 0.4) is 0 Å². The molecule has 1 fully saturated rings. The molecule has 1 aliphatic heterocycles. The van der Waals surface area contributed by atoms with Crippen molar-refractivity contribution in [2.24, 2.45) is 0 Å². The quantitative estimate of drug-likeness (QED) is 0.418. The normalized spacial score (nSPS) is 14.9. The van der Waals surface area contributed by atoms with Gasteiger partial charge in [-0.3, -0.25) is 4.98 Å². The van der Waals surface area contributed by atoms with Crippen molar-refractivity contribution in [2.75, 3.05) is 38.1 Å². The Bertz CT molecular complexity index is 1420. The number of anilines is 1. The molecule has 0 unspecified atom stereocenters. The van der Waals surface area contributed by atoms with E-state index in [0.29, 0.717) is 0 Å². The summed E-state index contributed by atoms with van der Waals surface area (Å²) in [6.45, 7) is 4.97. The molecule has 0 bridgehead atoms. The molecule has 0 aliphatic carbocycles. The van der Waals surface area contributed by atoms with E-state index in [4.69, 9.17) is 9.97 Å². The van der Waals surface area contributed by atoms with Crippen molar-refractivity contribution in [1.29, 1.82) is 0 Å². The van der Waals surface area contributed by atoms with Gasteiger partial charge < -0.3 is 14.4 Å². The van der Waals surface area contributed by atoms with E-state index < -0.39 is 0 Å². The number of aromatic nitrogens is 4. The van der Waals surface area contributed by atoms with Crippen LogP contribution in [0.4, 0.5) is 5.69 Å². The Kier molecular flexibility index (Phi) is 5.00. The first kappa shape index (κ1) is 19.9. The molecule has 1 aliphatic rings. The summed E-state index contributed by atoms with van der Waals surface area (Å²) < 4.78 is 2.28. The number of nitrogens with zero attached hydrogens (tertiary/aromatic N) is 6. The highest BCUT2D eigenvalue weighted by atomic mass is 15.2. The largest absolute Gasteiger partial charge is 0.369 e. The lowest BCUT2D eigenvalue weighted by Gasteiger charge is -2.34. The monoisotopic (exact) mass is 434 g/mol. The van der Waals surface area contributed by atoms with E-state index in [-0.39, 0.29) is 0 Å². The van der Waals surface area contributed by atoms with Gasteiger partial charge in [-0.2, -0.15) is 0 Å². The third-order valence-corrected chi connectivity index (χ3v) is 6.46. The summed E-state index contributed by atoms with van der Waals surface area (Å²) >= 11 is 0. The molecular formula is C27H26N6. The fraction of sp³-hybridized carbons (Fsp3) is 0.222. The van der Waals surface area contributed by atoms with Crippen molar-refractivity contribution >= 4 is 27.8 Å². The summed E-state index contributed by atoms with van der Waals surface area (Å²) in [4.78, 5) is 19.4. The number of likely N-dealkylation sites (N-methyl/N-ethyl adjacent to an activating group) is 1. The molecule has 6 rings (SSSR count). The SMILES string of the molecule is CN1CCN(c2ccc3nc(-c4cnc5ccccc5n4)n(Cc4ccccc4)c3c2)CC1. The molecule has 1 saturated heterocycles. The second kappa shape index (κ2) is 8.30. The van der Waals surface area contributed by atoms with Crippen LogP contribution in [-0.4, -0.2) is 57.6 Å². The number of fused-ring (bicyclic) bond motifs is 2. The second-order valence-corrected chi connectivity index (χ2v) is 8.71. The number of piperazine rings is 1. The lowest BCUT2D eigenvalue weighted by molar-refractivity contribution is 0.313. The van der Waals surface area contributed by atoms with Gasteiger partial charge in [-0.05, 0) is 42.9 Å². The molecule has 2 aromatic heterocycles. The zero-order valence-corrected chi connectivity index (χ0v) is 18.7. The topological polar surface area (TPSA) is 50.1 Å². The van der Waals surface area contributed by atoms with Crippen LogP contribution in [0.25, 0.3) is 33.6 Å². The van der Waals surface area contributed by atoms with Crippen molar-refractivity contribution < 1.29 is 0 Å². The maximum absolute atomic E-state index is 5.02. The van der Waals surface area contributed by atoms with E-state index in [1.54, 1.807) is 0 Å². The van der Waals surface area contributed by atoms with Crippen molar-refractivity contribution in [3.05, 3.63) is 84.6 Å². The molecule has 0 N–H and O–H groups in total. The van der Waals surface area contributed by atoms with Gasteiger partial charge in [0.1, 0.15) is 5.69 Å². The molecule has 3 heterocycles. The number of hydrogen-bond donors (Lipinski definition) is 0. The van der Waals surface area contributed by atoms with Gasteiger partial charge in [-0.15, -0.1) is 0 Å². The van der Waals surface area contributed by atoms with Crippen LogP contribution in [0, 0.1) is 0 Å². The summed E-state index contributed by atoms with van der Waals surface area (Å²) in [5, 5.41) is 0. The highest BCUT2D eigenvalue weighted by Gasteiger charge is 2.19. The van der Waals surface area contributed by atoms with Gasteiger partial charge in [0.25, 0.3) is 0 Å². The predicted molar refractivity (Wildman–Crippen MR) is 134 cm³/mol. The molecule has 6 nitrogen and oxygen atoms in total. The highest BCUT2D eigenvalue weighted by Crippen LogP contribution is 2.29. The van der Waals surface area contributed by atoms with E-state index in [1.165, 1.54) is 11.3 Å². The van der Waals surface area contributed by atoms with Gasteiger partial charge in [0.05, 0.1) is 28.3 Å². The number of rotatable bonds is 4. The van der Waals surface area contributed by atoms with Crippen LogP contribution in [0.15, 0.2) is 79.0 Å². The molecule has 164 valence electrons. The Balaban J connectivity index is 1.49. The number of para-hydroxylation sites is 2. The van der Waals surface area contributed by atoms with Gasteiger partial charge in [0.2, 0.25) is 0 Å². The molecule has 0 spiro atoms. The first-order valence-corrected chi connectivity index (χ1v) is 11.4. The molecule has 0 saturated carbocycles. The molecule has 3 aromatic carbocycles. The Labute approximate surface area is 193 Å². The van der Waals surface area contributed by atoms with E-state index in [2.05, 4.69) is 74.9 Å². The van der Waals surface area contributed by atoms with Gasteiger partial charge in [-0.25, -0.2) is 9.97 Å². The predicted octanol–water partition coefficient (Wildman–Crippen LogP) is 4.45. The van der Waals surface area contributed by atoms with Crippen molar-refractivity contribution in [3.8, 4) is 11.5 Å². The standard InChI is InChI=1S/C27H26N6/c1-31-13-15-32(16-14-31)21-11-12-24-26(17-21)33(19-20-7-3-2-4-8-20)27(30-24)25-18-28-22-9-5-6-10-23(22)29-25/h2-12,17-18H,13-16,19H2,1H3. The van der Waals surface area contributed by atoms with Crippen LogP contribution in [0.1, 0.15) is 5.56 Å². The smallest absolute Gasteiger partial charge is 0.161 e. The fourth-order valence-electron chi connectivity index (χ4n) is 4.56. The molecule has 0 amide bonds. The van der Waals surface area contributed by atoms with Crippen LogP contribution < -0.4 is 4.90 Å². The van der Waals surface area contributed by atoms with E-state index >= 15 is 0 Å². The zero-order valence-electron chi connectivity index (χ0n) is 18.7. The summed E-state index contributed by atoms with van der Waals surface area (Å²) in [6.07, 6.45) is 1.84. The maximum atomic E-state index is 5.02. The molecule has 5 aromatic rings. The number of imidazole rings is 1. The second-order valence-electron chi connectivity index (χ2n) is 8.71. The third kappa shape index (κ3) is 3.83. The molecule has 33 heavy (non-hydrogen) atoms. The number of benzene rings is 3. The van der Waals surface area contributed by atoms with Gasteiger partial charge in [-0.1, -0.05) is 42.5 Å². The molecule has 6 heteroatoms. The van der Waals surface area contributed by atoms with Crippen molar-refractivity contribution in [1.82, 2.24) is 24.4 Å². The number of hydrogen-bond acceptors (Lipinski definition) is 5. The summed E-state index contributed by atoms with van der Waals surface area (Å²) in [5.74, 6) is 0.850. The maximum Gasteiger partial charge on any atom is 0.161 e. The first-order valence-electron chi connectivity index (χ1n) is 11.4. The fourth-order valence-corrected chi connectivity index (χ4v) is 4.56. The van der Waals surface area contributed by atoms with E-state index in [9.17, 15) is 0 Å². The average Bonchev–Trinajstić information content (AvgIpc) is 3.22. The van der Waals surface area contributed by atoms with Crippen molar-refractivity contribution in [2.45, 2.75) is 6.54 Å².